The Morgan fingerprint density at radius 3 is 1.67 bits per heavy atom. The molecule has 21 heavy (non-hydrogen) atoms. The molecule has 1 aromatic rings. The average Bonchev–Trinajstić information content (AvgIpc) is 2.24. The quantitative estimate of drug-likeness (QED) is 0.478. The number of sulfonamides is 1. The number of nitrogens with two attached hydrogens (primary N) is 1. The Bertz CT molecular complexity index is 640. The summed E-state index contributed by atoms with van der Waals surface area (Å²) in [6.45, 7) is 1.08. The van der Waals surface area contributed by atoms with Crippen molar-refractivity contribution in [3.05, 3.63) is 29.3 Å². The minimum Gasteiger partial charge on any atom is -0.290 e. The second-order valence-electron chi connectivity index (χ2n) is 4.03. The summed E-state index contributed by atoms with van der Waals surface area (Å²) in [5, 5.41) is 0. The van der Waals surface area contributed by atoms with Gasteiger partial charge in [-0.1, -0.05) is 0 Å². The molecule has 118 valence electrons. The first-order valence-electron chi connectivity index (χ1n) is 5.15. The number of nitrogens with one attached hydrogen (secondary N) is 1. The molecule has 11 heteroatoms. The Morgan fingerprint density at radius 2 is 1.38 bits per heavy atom. The smallest absolute Gasteiger partial charge is 0.290 e. The van der Waals surface area contributed by atoms with Crippen LogP contribution in [0, 0.1) is 0 Å². The van der Waals surface area contributed by atoms with Crippen molar-refractivity contribution in [2.45, 2.75) is 24.2 Å². The number of amidine groups is 1. The van der Waals surface area contributed by atoms with Gasteiger partial charge in [0.2, 0.25) is 0 Å². The number of hydrogen-bond acceptors (Lipinski definition) is 2. The molecular formula is C10H9F6N2O2S+. The van der Waals surface area contributed by atoms with Crippen molar-refractivity contribution in [3.8, 4) is 0 Å². The van der Waals surface area contributed by atoms with Crippen molar-refractivity contribution in [2.75, 3.05) is 0 Å². The molecule has 0 fully saturated rings. The van der Waals surface area contributed by atoms with Crippen LogP contribution in [0.2, 0.25) is 0 Å². The summed E-state index contributed by atoms with van der Waals surface area (Å²) in [5.41, 5.74) is 1.59. The Hall–Kier alpha value is -1.78. The SMILES string of the molecule is CC(N)=[NH+]S(=O)(=O)c1cc(C(F)(F)F)cc(C(F)(F)F)c1. The average molecular weight is 335 g/mol. The van der Waals surface area contributed by atoms with E-state index in [9.17, 15) is 34.8 Å². The fourth-order valence-electron chi connectivity index (χ4n) is 1.35. The lowest BCUT2D eigenvalue weighted by molar-refractivity contribution is -0.269. The van der Waals surface area contributed by atoms with Gasteiger partial charge in [0.1, 0.15) is 4.90 Å². The van der Waals surface area contributed by atoms with Gasteiger partial charge in [0.05, 0.1) is 11.1 Å². The lowest BCUT2D eigenvalue weighted by atomic mass is 10.1. The topological polar surface area (TPSA) is 74.1 Å². The highest BCUT2D eigenvalue weighted by Crippen LogP contribution is 2.36. The summed E-state index contributed by atoms with van der Waals surface area (Å²) < 4.78 is 100. The Morgan fingerprint density at radius 1 is 1.00 bits per heavy atom. The zero-order valence-corrected chi connectivity index (χ0v) is 11.1. The molecule has 0 atom stereocenters. The monoisotopic (exact) mass is 335 g/mol. The zero-order valence-electron chi connectivity index (χ0n) is 10.3. The Labute approximate surface area is 115 Å². The number of hydrogen-bond donors (Lipinski definition) is 2. The molecule has 1 rings (SSSR count). The molecule has 0 aliphatic heterocycles. The van der Waals surface area contributed by atoms with Crippen LogP contribution in [0.25, 0.3) is 0 Å². The minimum atomic E-state index is -5.13. The molecule has 0 unspecified atom stereocenters. The van der Waals surface area contributed by atoms with Gasteiger partial charge in [0.15, 0.2) is 0 Å². The fourth-order valence-corrected chi connectivity index (χ4v) is 2.46. The maximum Gasteiger partial charge on any atom is 0.416 e. The summed E-state index contributed by atoms with van der Waals surface area (Å²) in [6.07, 6.45) is -10.3. The molecule has 4 nitrogen and oxygen atoms in total. The maximum atomic E-state index is 12.6. The largest absolute Gasteiger partial charge is 0.416 e. The van der Waals surface area contributed by atoms with Gasteiger partial charge in [-0.15, -0.1) is 0 Å². The molecule has 1 aromatic carbocycles. The minimum absolute atomic E-state index is 0.0977. The van der Waals surface area contributed by atoms with E-state index in [0.717, 1.165) is 6.92 Å². The predicted molar refractivity (Wildman–Crippen MR) is 59.5 cm³/mol. The van der Waals surface area contributed by atoms with Gasteiger partial charge in [-0.05, 0) is 18.2 Å². The summed E-state index contributed by atoms with van der Waals surface area (Å²) in [5.74, 6) is -0.402. The summed E-state index contributed by atoms with van der Waals surface area (Å²) >= 11 is 0. The number of halogens is 6. The summed E-state index contributed by atoms with van der Waals surface area (Å²) in [4.78, 5) is -1.19. The highest BCUT2D eigenvalue weighted by atomic mass is 32.2. The number of benzene rings is 1. The number of rotatable bonds is 2. The van der Waals surface area contributed by atoms with Crippen molar-refractivity contribution in [3.63, 3.8) is 0 Å². The van der Waals surface area contributed by atoms with Gasteiger partial charge >= 0.3 is 22.4 Å². The third kappa shape index (κ3) is 4.34. The second kappa shape index (κ2) is 5.20. The van der Waals surface area contributed by atoms with Crippen molar-refractivity contribution < 1.29 is 39.2 Å². The lowest BCUT2D eigenvalue weighted by Crippen LogP contribution is -2.78. The van der Waals surface area contributed by atoms with E-state index in [1.54, 1.807) is 4.40 Å². The standard InChI is InChI=1S/C10H8F6N2O2S/c1-5(17)18-21(19,20)8-3-6(9(11,12)13)2-7(4-8)10(14,15)16/h2-4H,1H3,(H2,17,18)/p+1. The van der Waals surface area contributed by atoms with Gasteiger partial charge in [-0.3, -0.25) is 5.73 Å². The van der Waals surface area contributed by atoms with Crippen molar-refractivity contribution >= 4 is 15.9 Å². The molecular weight excluding hydrogens is 326 g/mol. The van der Waals surface area contributed by atoms with Crippen molar-refractivity contribution in [1.29, 1.82) is 0 Å². The van der Waals surface area contributed by atoms with E-state index in [4.69, 9.17) is 5.73 Å². The summed E-state index contributed by atoms with van der Waals surface area (Å²) in [7, 11) is -4.64. The highest BCUT2D eigenvalue weighted by molar-refractivity contribution is 7.84. The van der Waals surface area contributed by atoms with Crippen molar-refractivity contribution in [2.24, 2.45) is 5.73 Å². The molecule has 0 aliphatic rings. The molecule has 0 aliphatic carbocycles. The third-order valence-electron chi connectivity index (χ3n) is 2.17. The van der Waals surface area contributed by atoms with E-state index in [1.165, 1.54) is 0 Å². The molecule has 0 bridgehead atoms. The number of alkyl halides is 6. The summed E-state index contributed by atoms with van der Waals surface area (Å²) in [6, 6.07) is 0.0268. The van der Waals surface area contributed by atoms with Crippen molar-refractivity contribution in [1.82, 2.24) is 0 Å². The molecule has 0 saturated heterocycles. The molecule has 0 radical (unpaired) electrons. The van der Waals surface area contributed by atoms with E-state index in [0.29, 0.717) is 0 Å². The normalized spacial score (nSPS) is 14.3. The van der Waals surface area contributed by atoms with Crippen LogP contribution in [0.4, 0.5) is 26.3 Å². The predicted octanol–water partition coefficient (Wildman–Crippen LogP) is 0.871. The molecule has 0 aromatic heterocycles. The first-order valence-corrected chi connectivity index (χ1v) is 6.63. The molecule has 0 amide bonds. The van der Waals surface area contributed by atoms with Crippen LogP contribution in [-0.4, -0.2) is 14.3 Å². The van der Waals surface area contributed by atoms with Crippen LogP contribution >= 0.6 is 0 Å². The van der Waals surface area contributed by atoms with Gasteiger partial charge in [0, 0.05) is 6.92 Å². The Kier molecular flexibility index (Phi) is 4.28. The van der Waals surface area contributed by atoms with Crippen LogP contribution in [0.1, 0.15) is 18.1 Å². The third-order valence-corrected chi connectivity index (χ3v) is 3.61. The van der Waals surface area contributed by atoms with Crippen LogP contribution in [-0.2, 0) is 22.4 Å². The molecule has 0 saturated carbocycles. The van der Waals surface area contributed by atoms with E-state index in [-0.39, 0.29) is 18.2 Å². The fraction of sp³-hybridized carbons (Fsp3) is 0.300. The van der Waals surface area contributed by atoms with E-state index in [2.05, 4.69) is 0 Å². The van der Waals surface area contributed by atoms with E-state index in [1.807, 2.05) is 0 Å². The van der Waals surface area contributed by atoms with Crippen LogP contribution in [0.5, 0.6) is 0 Å². The van der Waals surface area contributed by atoms with Crippen LogP contribution in [0.3, 0.4) is 0 Å². The van der Waals surface area contributed by atoms with Crippen LogP contribution in [0.15, 0.2) is 23.1 Å². The van der Waals surface area contributed by atoms with Gasteiger partial charge < -0.3 is 0 Å². The van der Waals surface area contributed by atoms with Gasteiger partial charge in [-0.25, -0.2) is 0 Å². The van der Waals surface area contributed by atoms with E-state index < -0.39 is 44.2 Å². The lowest BCUT2D eigenvalue weighted by Gasteiger charge is -2.12. The molecule has 0 heterocycles. The first-order chi connectivity index (χ1) is 9.23. The second-order valence-corrected chi connectivity index (χ2v) is 5.71. The first kappa shape index (κ1) is 17.3. The van der Waals surface area contributed by atoms with Gasteiger partial charge in [-0.2, -0.15) is 39.2 Å². The zero-order chi connectivity index (χ0) is 16.6. The van der Waals surface area contributed by atoms with E-state index >= 15 is 0 Å². The highest BCUT2D eigenvalue weighted by Gasteiger charge is 2.38. The molecule has 3 N–H and O–H groups in total. The Balaban J connectivity index is 3.65. The van der Waals surface area contributed by atoms with Gasteiger partial charge in [0.25, 0.3) is 5.84 Å². The maximum absolute atomic E-state index is 12.6. The van der Waals surface area contributed by atoms with Crippen LogP contribution < -0.4 is 10.1 Å². The molecule has 0 spiro atoms.